The molecule has 1 unspecified atom stereocenters. The standard InChI is InChI=1S/C11H9Cl4FN2O2/c1-18(9(19)8(12)11(13,14)15)10(20)17-7-5-3-2-4-6(7)16/h2-5,8H,1H3,(H,17,20). The lowest BCUT2D eigenvalue weighted by atomic mass is 10.3. The van der Waals surface area contributed by atoms with Crippen LogP contribution in [0.2, 0.25) is 0 Å². The molecular weight excluding hydrogens is 353 g/mol. The summed E-state index contributed by atoms with van der Waals surface area (Å²) in [5.74, 6) is -1.58. The van der Waals surface area contributed by atoms with Crippen LogP contribution in [-0.4, -0.2) is 33.1 Å². The fourth-order valence-electron chi connectivity index (χ4n) is 1.17. The highest BCUT2D eigenvalue weighted by Gasteiger charge is 2.39. The molecule has 0 saturated heterocycles. The molecule has 0 aliphatic heterocycles. The molecule has 0 aliphatic carbocycles. The molecule has 0 fully saturated rings. The highest BCUT2D eigenvalue weighted by Crippen LogP contribution is 2.34. The van der Waals surface area contributed by atoms with E-state index in [1.54, 1.807) is 0 Å². The Labute approximate surface area is 134 Å². The van der Waals surface area contributed by atoms with Crippen molar-refractivity contribution in [1.29, 1.82) is 0 Å². The van der Waals surface area contributed by atoms with E-state index in [0.29, 0.717) is 4.90 Å². The minimum Gasteiger partial charge on any atom is -0.305 e. The molecule has 1 aromatic rings. The molecule has 0 aliphatic rings. The molecule has 4 nitrogen and oxygen atoms in total. The van der Waals surface area contributed by atoms with Crippen molar-refractivity contribution in [3.8, 4) is 0 Å². The zero-order valence-electron chi connectivity index (χ0n) is 10.0. The maximum atomic E-state index is 13.4. The molecule has 0 heterocycles. The lowest BCUT2D eigenvalue weighted by molar-refractivity contribution is -0.126. The zero-order chi connectivity index (χ0) is 15.5. The van der Waals surface area contributed by atoms with E-state index in [1.807, 2.05) is 0 Å². The van der Waals surface area contributed by atoms with Crippen molar-refractivity contribution in [1.82, 2.24) is 4.90 Å². The number of para-hydroxylation sites is 1. The number of imide groups is 1. The number of halogens is 5. The number of anilines is 1. The Kier molecular flexibility index (Phi) is 5.89. The van der Waals surface area contributed by atoms with Gasteiger partial charge in [-0.3, -0.25) is 9.69 Å². The first-order valence-corrected chi connectivity index (χ1v) is 6.75. The van der Waals surface area contributed by atoms with Crippen LogP contribution in [0.5, 0.6) is 0 Å². The summed E-state index contributed by atoms with van der Waals surface area (Å²) in [4.78, 5) is 24.2. The van der Waals surface area contributed by atoms with Crippen molar-refractivity contribution in [2.75, 3.05) is 12.4 Å². The number of carbonyl (C=O) groups excluding carboxylic acids is 2. The topological polar surface area (TPSA) is 49.4 Å². The number of alkyl halides is 4. The van der Waals surface area contributed by atoms with E-state index < -0.39 is 26.9 Å². The van der Waals surface area contributed by atoms with Crippen LogP contribution in [-0.2, 0) is 4.79 Å². The molecule has 0 bridgehead atoms. The van der Waals surface area contributed by atoms with Gasteiger partial charge in [-0.25, -0.2) is 9.18 Å². The Hall–Kier alpha value is -0.750. The van der Waals surface area contributed by atoms with E-state index in [4.69, 9.17) is 46.4 Å². The van der Waals surface area contributed by atoms with Gasteiger partial charge in [0.15, 0.2) is 5.38 Å². The molecule has 0 saturated carbocycles. The average Bonchev–Trinajstić information content (AvgIpc) is 2.37. The molecule has 0 radical (unpaired) electrons. The van der Waals surface area contributed by atoms with E-state index in [9.17, 15) is 14.0 Å². The minimum atomic E-state index is -2.06. The van der Waals surface area contributed by atoms with Gasteiger partial charge in [0, 0.05) is 7.05 Å². The number of rotatable bonds is 2. The third kappa shape index (κ3) is 4.38. The molecule has 9 heteroatoms. The summed E-state index contributed by atoms with van der Waals surface area (Å²) in [5, 5.41) is 0.648. The second-order valence-corrected chi connectivity index (χ2v) is 6.52. The van der Waals surface area contributed by atoms with Crippen molar-refractivity contribution in [3.05, 3.63) is 30.1 Å². The van der Waals surface area contributed by atoms with Gasteiger partial charge in [-0.15, -0.1) is 11.6 Å². The predicted molar refractivity (Wildman–Crippen MR) is 78.1 cm³/mol. The van der Waals surface area contributed by atoms with Gasteiger partial charge in [-0.05, 0) is 12.1 Å². The summed E-state index contributed by atoms with van der Waals surface area (Å²) in [6, 6.07) is 4.56. The van der Waals surface area contributed by atoms with E-state index in [1.165, 1.54) is 18.2 Å². The highest BCUT2D eigenvalue weighted by molar-refractivity contribution is 6.71. The van der Waals surface area contributed by atoms with Crippen LogP contribution >= 0.6 is 46.4 Å². The lowest BCUT2D eigenvalue weighted by Gasteiger charge is -2.23. The van der Waals surface area contributed by atoms with Crippen LogP contribution in [0.1, 0.15) is 0 Å². The first-order valence-electron chi connectivity index (χ1n) is 5.18. The van der Waals surface area contributed by atoms with Gasteiger partial charge in [0.25, 0.3) is 5.91 Å². The molecule has 110 valence electrons. The zero-order valence-corrected chi connectivity index (χ0v) is 13.1. The second kappa shape index (κ2) is 6.80. The first-order chi connectivity index (χ1) is 9.14. The third-order valence-electron chi connectivity index (χ3n) is 2.25. The molecule has 3 amide bonds. The van der Waals surface area contributed by atoms with Gasteiger partial charge in [0.1, 0.15) is 5.82 Å². The van der Waals surface area contributed by atoms with Crippen molar-refractivity contribution >= 4 is 64.0 Å². The lowest BCUT2D eigenvalue weighted by Crippen LogP contribution is -2.45. The summed E-state index contributed by atoms with van der Waals surface area (Å²) in [6.07, 6.45) is 0. The number of amides is 3. The molecule has 0 aromatic heterocycles. The Bertz CT molecular complexity index is 521. The van der Waals surface area contributed by atoms with Crippen LogP contribution < -0.4 is 5.32 Å². The fraction of sp³-hybridized carbons (Fsp3) is 0.273. The van der Waals surface area contributed by atoms with Crippen LogP contribution in [0.15, 0.2) is 24.3 Å². The summed E-state index contributed by atoms with van der Waals surface area (Å²) in [7, 11) is 1.13. The number of carbonyl (C=O) groups is 2. The van der Waals surface area contributed by atoms with Crippen LogP contribution in [0.25, 0.3) is 0 Å². The SMILES string of the molecule is CN(C(=O)Nc1ccccc1F)C(=O)C(Cl)C(Cl)(Cl)Cl. The summed E-state index contributed by atoms with van der Waals surface area (Å²) in [5.41, 5.74) is -0.0860. The van der Waals surface area contributed by atoms with E-state index in [-0.39, 0.29) is 5.69 Å². The van der Waals surface area contributed by atoms with Gasteiger partial charge in [0.05, 0.1) is 5.69 Å². The van der Waals surface area contributed by atoms with Gasteiger partial charge < -0.3 is 5.32 Å². The molecule has 1 aromatic carbocycles. The Morgan fingerprint density at radius 2 is 1.85 bits per heavy atom. The molecular formula is C11H9Cl4FN2O2. The first kappa shape index (κ1) is 17.3. The Morgan fingerprint density at radius 1 is 1.30 bits per heavy atom. The Morgan fingerprint density at radius 3 is 2.35 bits per heavy atom. The highest BCUT2D eigenvalue weighted by atomic mass is 35.6. The monoisotopic (exact) mass is 360 g/mol. The van der Waals surface area contributed by atoms with Crippen LogP contribution in [0.4, 0.5) is 14.9 Å². The summed E-state index contributed by atoms with van der Waals surface area (Å²) in [6.45, 7) is 0. The minimum absolute atomic E-state index is 0.0860. The van der Waals surface area contributed by atoms with Crippen LogP contribution in [0.3, 0.4) is 0 Å². The van der Waals surface area contributed by atoms with E-state index in [2.05, 4.69) is 5.32 Å². The fourth-order valence-corrected chi connectivity index (χ4v) is 1.60. The van der Waals surface area contributed by atoms with Crippen LogP contribution in [0, 0.1) is 5.82 Å². The number of nitrogens with zero attached hydrogens (tertiary/aromatic N) is 1. The van der Waals surface area contributed by atoms with Gasteiger partial charge >= 0.3 is 6.03 Å². The van der Waals surface area contributed by atoms with Crippen molar-refractivity contribution in [2.24, 2.45) is 0 Å². The summed E-state index contributed by atoms with van der Waals surface area (Å²) < 4.78 is 11.3. The largest absolute Gasteiger partial charge is 0.328 e. The number of benzene rings is 1. The van der Waals surface area contributed by atoms with Gasteiger partial charge in [-0.2, -0.15) is 0 Å². The predicted octanol–water partition coefficient (Wildman–Crippen LogP) is 3.79. The second-order valence-electron chi connectivity index (χ2n) is 3.71. The van der Waals surface area contributed by atoms with E-state index >= 15 is 0 Å². The molecule has 1 atom stereocenters. The normalized spacial score (nSPS) is 12.7. The number of hydrogen-bond donors (Lipinski definition) is 1. The van der Waals surface area contributed by atoms with Gasteiger partial charge in [0.2, 0.25) is 3.79 Å². The quantitative estimate of drug-likeness (QED) is 0.814. The maximum absolute atomic E-state index is 13.4. The third-order valence-corrected chi connectivity index (χ3v) is 3.76. The molecule has 20 heavy (non-hydrogen) atoms. The average molecular weight is 362 g/mol. The summed E-state index contributed by atoms with van der Waals surface area (Å²) >= 11 is 22.1. The molecule has 0 spiro atoms. The van der Waals surface area contributed by atoms with Crippen molar-refractivity contribution < 1.29 is 14.0 Å². The molecule has 1 rings (SSSR count). The van der Waals surface area contributed by atoms with E-state index in [0.717, 1.165) is 13.1 Å². The molecule has 1 N–H and O–H groups in total. The smallest absolute Gasteiger partial charge is 0.305 e. The number of urea groups is 1. The maximum Gasteiger partial charge on any atom is 0.328 e. The van der Waals surface area contributed by atoms with Crippen molar-refractivity contribution in [3.63, 3.8) is 0 Å². The number of nitrogens with one attached hydrogen (secondary N) is 1. The Balaban J connectivity index is 2.78. The van der Waals surface area contributed by atoms with Gasteiger partial charge in [-0.1, -0.05) is 46.9 Å². The number of hydrogen-bond acceptors (Lipinski definition) is 2. The van der Waals surface area contributed by atoms with Crippen molar-refractivity contribution in [2.45, 2.75) is 9.17 Å².